The van der Waals surface area contributed by atoms with Crippen molar-refractivity contribution in [2.75, 3.05) is 4.90 Å². The van der Waals surface area contributed by atoms with Crippen molar-refractivity contribution in [2.45, 2.75) is 63.4 Å². The van der Waals surface area contributed by atoms with Crippen LogP contribution in [0.4, 0.5) is 14.5 Å². The first-order valence-corrected chi connectivity index (χ1v) is 9.93. The van der Waals surface area contributed by atoms with Crippen LogP contribution in [-0.2, 0) is 17.6 Å². The number of aryl methyl sites for hydroxylation is 3. The number of nitrogens with zero attached hydrogens (tertiary/aromatic N) is 3. The predicted octanol–water partition coefficient (Wildman–Crippen LogP) is 4.71. The molecule has 0 saturated heterocycles. The number of carbonyl (C=O) groups excluding carboxylic acids is 1. The Kier molecular flexibility index (Phi) is 6.09. The van der Waals surface area contributed by atoms with Gasteiger partial charge in [-0.2, -0.15) is 8.78 Å². The molecule has 4 nitrogen and oxygen atoms in total. The maximum atomic E-state index is 13.0. The van der Waals surface area contributed by atoms with Crippen LogP contribution in [0.3, 0.4) is 0 Å². The lowest BCUT2D eigenvalue weighted by Crippen LogP contribution is -2.42. The van der Waals surface area contributed by atoms with Crippen LogP contribution in [0, 0.1) is 13.8 Å². The van der Waals surface area contributed by atoms with Gasteiger partial charge in [0.25, 0.3) is 5.76 Å². The lowest BCUT2D eigenvalue weighted by Gasteiger charge is -2.35. The number of benzene rings is 1. The molecule has 0 aliphatic carbocycles. The van der Waals surface area contributed by atoms with Gasteiger partial charge >= 0.3 is 0 Å². The molecule has 0 bridgehead atoms. The SMILES string of the molecule is Cc1nc(SC(F)F)nc(C)c1CCC(=O)N1c2ccccc2CC[C@@H]1C. The summed E-state index contributed by atoms with van der Waals surface area (Å²) in [6.45, 7) is 5.63. The standard InChI is InChI=1S/C20H23F2N3OS/c1-12-8-9-15-6-4-5-7-17(15)25(12)18(26)11-10-16-13(2)23-20(24-14(16)3)27-19(21)22/h4-7,12,19H,8-11H2,1-3H3/t12-/m0/s1. The van der Waals surface area contributed by atoms with Crippen molar-refractivity contribution >= 4 is 23.4 Å². The summed E-state index contributed by atoms with van der Waals surface area (Å²) in [5.74, 6) is -2.48. The van der Waals surface area contributed by atoms with Crippen molar-refractivity contribution in [3.05, 3.63) is 46.8 Å². The lowest BCUT2D eigenvalue weighted by molar-refractivity contribution is -0.119. The van der Waals surface area contributed by atoms with Crippen LogP contribution in [0.15, 0.2) is 29.4 Å². The molecule has 1 aliphatic rings. The van der Waals surface area contributed by atoms with E-state index in [-0.39, 0.29) is 17.1 Å². The molecule has 1 aliphatic heterocycles. The van der Waals surface area contributed by atoms with Gasteiger partial charge in [-0.05, 0) is 69.0 Å². The first-order chi connectivity index (χ1) is 12.9. The molecule has 0 radical (unpaired) electrons. The molecule has 144 valence electrons. The van der Waals surface area contributed by atoms with E-state index < -0.39 is 5.76 Å². The number of para-hydroxylation sites is 1. The average molecular weight is 391 g/mol. The van der Waals surface area contributed by atoms with Gasteiger partial charge in [0.2, 0.25) is 5.91 Å². The van der Waals surface area contributed by atoms with Gasteiger partial charge in [-0.15, -0.1) is 0 Å². The Bertz CT molecular complexity index is 821. The van der Waals surface area contributed by atoms with Crippen molar-refractivity contribution in [1.82, 2.24) is 9.97 Å². The molecule has 2 aromatic rings. The fourth-order valence-corrected chi connectivity index (χ4v) is 4.16. The minimum absolute atomic E-state index is 0.0690. The third-order valence-corrected chi connectivity index (χ3v) is 5.55. The fraction of sp³-hybridized carbons (Fsp3) is 0.450. The summed E-state index contributed by atoms with van der Waals surface area (Å²) >= 11 is 0.344. The zero-order chi connectivity index (χ0) is 19.6. The molecular weight excluding hydrogens is 368 g/mol. The van der Waals surface area contributed by atoms with E-state index in [0.717, 1.165) is 24.1 Å². The number of thioether (sulfide) groups is 1. The number of halogens is 2. The second-order valence-electron chi connectivity index (χ2n) is 6.81. The summed E-state index contributed by atoms with van der Waals surface area (Å²) in [5, 5.41) is 0.0775. The van der Waals surface area contributed by atoms with Crippen LogP contribution in [0.2, 0.25) is 0 Å². The van der Waals surface area contributed by atoms with E-state index in [1.807, 2.05) is 23.1 Å². The minimum Gasteiger partial charge on any atom is -0.309 e. The molecule has 0 unspecified atom stereocenters. The van der Waals surface area contributed by atoms with Crippen LogP contribution >= 0.6 is 11.8 Å². The molecule has 1 aromatic heterocycles. The van der Waals surface area contributed by atoms with E-state index in [1.165, 1.54) is 5.56 Å². The van der Waals surface area contributed by atoms with Gasteiger partial charge < -0.3 is 4.90 Å². The monoisotopic (exact) mass is 391 g/mol. The number of aromatic nitrogens is 2. The van der Waals surface area contributed by atoms with Crippen molar-refractivity contribution in [3.63, 3.8) is 0 Å². The first kappa shape index (κ1) is 19.7. The average Bonchev–Trinajstić information content (AvgIpc) is 2.60. The second kappa shape index (κ2) is 8.33. The molecule has 0 spiro atoms. The Morgan fingerprint density at radius 1 is 1.26 bits per heavy atom. The molecule has 1 aromatic carbocycles. The Labute approximate surface area is 162 Å². The highest BCUT2D eigenvalue weighted by Crippen LogP contribution is 2.31. The molecular formula is C20H23F2N3OS. The minimum atomic E-state index is -2.54. The number of anilines is 1. The zero-order valence-corrected chi connectivity index (χ0v) is 16.5. The summed E-state index contributed by atoms with van der Waals surface area (Å²) in [6.07, 6.45) is 2.77. The molecule has 3 rings (SSSR count). The molecule has 27 heavy (non-hydrogen) atoms. The van der Waals surface area contributed by atoms with E-state index in [9.17, 15) is 13.6 Å². The fourth-order valence-electron chi connectivity index (χ4n) is 3.62. The number of hydrogen-bond acceptors (Lipinski definition) is 4. The number of hydrogen-bond donors (Lipinski definition) is 0. The van der Waals surface area contributed by atoms with Gasteiger partial charge in [-0.25, -0.2) is 9.97 Å². The summed E-state index contributed by atoms with van der Waals surface area (Å²) in [5.41, 5.74) is 4.37. The van der Waals surface area contributed by atoms with Gasteiger partial charge in [0, 0.05) is 29.5 Å². The van der Waals surface area contributed by atoms with Crippen molar-refractivity contribution in [1.29, 1.82) is 0 Å². The van der Waals surface area contributed by atoms with Crippen LogP contribution in [0.25, 0.3) is 0 Å². The van der Waals surface area contributed by atoms with E-state index in [0.29, 0.717) is 36.0 Å². The lowest BCUT2D eigenvalue weighted by atomic mass is 9.95. The summed E-state index contributed by atoms with van der Waals surface area (Å²) in [6, 6.07) is 8.19. The number of carbonyl (C=O) groups is 1. The van der Waals surface area contributed by atoms with Gasteiger partial charge in [0.1, 0.15) is 0 Å². The van der Waals surface area contributed by atoms with Crippen LogP contribution < -0.4 is 4.90 Å². The quantitative estimate of drug-likeness (QED) is 0.547. The van der Waals surface area contributed by atoms with Crippen molar-refractivity contribution in [2.24, 2.45) is 0 Å². The predicted molar refractivity (Wildman–Crippen MR) is 103 cm³/mol. The topological polar surface area (TPSA) is 46.1 Å². The largest absolute Gasteiger partial charge is 0.309 e. The smallest absolute Gasteiger partial charge is 0.291 e. The van der Waals surface area contributed by atoms with Crippen molar-refractivity contribution in [3.8, 4) is 0 Å². The third kappa shape index (κ3) is 4.46. The summed E-state index contributed by atoms with van der Waals surface area (Å²) in [4.78, 5) is 23.2. The van der Waals surface area contributed by atoms with Crippen LogP contribution in [-0.4, -0.2) is 27.7 Å². The Balaban J connectivity index is 1.75. The number of fused-ring (bicyclic) bond motifs is 1. The normalized spacial score (nSPS) is 16.5. The van der Waals surface area contributed by atoms with E-state index >= 15 is 0 Å². The molecule has 1 atom stereocenters. The molecule has 0 fully saturated rings. The van der Waals surface area contributed by atoms with Gasteiger partial charge in [0.05, 0.1) is 0 Å². The highest BCUT2D eigenvalue weighted by Gasteiger charge is 2.27. The highest BCUT2D eigenvalue weighted by atomic mass is 32.2. The van der Waals surface area contributed by atoms with Crippen molar-refractivity contribution < 1.29 is 13.6 Å². The van der Waals surface area contributed by atoms with E-state index in [2.05, 4.69) is 23.0 Å². The van der Waals surface area contributed by atoms with Gasteiger partial charge in [0.15, 0.2) is 5.16 Å². The Morgan fingerprint density at radius 2 is 1.93 bits per heavy atom. The van der Waals surface area contributed by atoms with E-state index in [1.54, 1.807) is 13.8 Å². The molecule has 2 heterocycles. The summed E-state index contributed by atoms with van der Waals surface area (Å²) < 4.78 is 25.1. The van der Waals surface area contributed by atoms with E-state index in [4.69, 9.17) is 0 Å². The second-order valence-corrected chi connectivity index (χ2v) is 7.77. The molecule has 1 amide bonds. The zero-order valence-electron chi connectivity index (χ0n) is 15.7. The number of rotatable bonds is 5. The van der Waals surface area contributed by atoms with Crippen LogP contribution in [0.1, 0.15) is 42.3 Å². The summed E-state index contributed by atoms with van der Waals surface area (Å²) in [7, 11) is 0. The van der Waals surface area contributed by atoms with Gasteiger partial charge in [-0.3, -0.25) is 4.79 Å². The number of alkyl halides is 2. The maximum absolute atomic E-state index is 13.0. The third-order valence-electron chi connectivity index (χ3n) is 4.98. The van der Waals surface area contributed by atoms with Crippen LogP contribution in [0.5, 0.6) is 0 Å². The Morgan fingerprint density at radius 3 is 2.59 bits per heavy atom. The molecule has 7 heteroatoms. The molecule has 0 N–H and O–H groups in total. The van der Waals surface area contributed by atoms with Gasteiger partial charge in [-0.1, -0.05) is 18.2 Å². The maximum Gasteiger partial charge on any atom is 0.291 e. The Hall–Kier alpha value is -2.02. The highest BCUT2D eigenvalue weighted by molar-refractivity contribution is 7.99. The first-order valence-electron chi connectivity index (χ1n) is 9.05. The molecule has 0 saturated carbocycles. The number of amides is 1.